The lowest BCUT2D eigenvalue weighted by atomic mass is 10.3. The van der Waals surface area contributed by atoms with Crippen molar-refractivity contribution < 1.29 is 4.42 Å². The van der Waals surface area contributed by atoms with E-state index in [1.54, 1.807) is 6.26 Å². The molecule has 2 aromatic heterocycles. The fourth-order valence-corrected chi connectivity index (χ4v) is 2.81. The highest BCUT2D eigenvalue weighted by atomic mass is 127. The van der Waals surface area contributed by atoms with Crippen LogP contribution in [0.5, 0.6) is 0 Å². The Hall–Kier alpha value is -1.01. The summed E-state index contributed by atoms with van der Waals surface area (Å²) in [4.78, 5) is 4.68. The van der Waals surface area contributed by atoms with E-state index in [1.165, 1.54) is 3.57 Å². The smallest absolute Gasteiger partial charge is 0.123 e. The number of hydrogen-bond acceptors (Lipinski definition) is 2. The molecule has 0 saturated heterocycles. The minimum atomic E-state index is 0.568. The van der Waals surface area contributed by atoms with E-state index >= 15 is 0 Å². The summed E-state index contributed by atoms with van der Waals surface area (Å²) in [5.41, 5.74) is 2.13. The summed E-state index contributed by atoms with van der Waals surface area (Å²) in [5, 5.41) is 0. The molecule has 19 heavy (non-hydrogen) atoms. The Morgan fingerprint density at radius 3 is 2.95 bits per heavy atom. The molecular formula is C14H12ClIN2O. The van der Waals surface area contributed by atoms with Crippen LogP contribution >= 0.6 is 34.2 Å². The quantitative estimate of drug-likeness (QED) is 0.500. The molecule has 1 aromatic carbocycles. The number of furan rings is 1. The average molecular weight is 387 g/mol. The third kappa shape index (κ3) is 2.65. The van der Waals surface area contributed by atoms with E-state index in [4.69, 9.17) is 16.0 Å². The number of hydrogen-bond donors (Lipinski definition) is 0. The Morgan fingerprint density at radius 2 is 2.21 bits per heavy atom. The van der Waals surface area contributed by atoms with Crippen LogP contribution in [0.4, 0.5) is 0 Å². The number of imidazole rings is 1. The highest BCUT2D eigenvalue weighted by molar-refractivity contribution is 14.1. The first-order chi connectivity index (χ1) is 9.28. The predicted molar refractivity (Wildman–Crippen MR) is 84.7 cm³/mol. The van der Waals surface area contributed by atoms with Crippen molar-refractivity contribution in [3.8, 4) is 0 Å². The summed E-state index contributed by atoms with van der Waals surface area (Å²) in [7, 11) is 0. The third-order valence-electron chi connectivity index (χ3n) is 3.00. The second kappa shape index (κ2) is 5.54. The molecule has 2 heterocycles. The maximum absolute atomic E-state index is 5.87. The maximum atomic E-state index is 5.87. The normalized spacial score (nSPS) is 11.3. The second-order valence-electron chi connectivity index (χ2n) is 4.27. The summed E-state index contributed by atoms with van der Waals surface area (Å²) in [6.45, 7) is 0.691. The molecular weight excluding hydrogens is 375 g/mol. The minimum absolute atomic E-state index is 0.568. The number of alkyl halides is 1. The van der Waals surface area contributed by atoms with E-state index in [9.17, 15) is 0 Å². The van der Waals surface area contributed by atoms with E-state index in [-0.39, 0.29) is 0 Å². The van der Waals surface area contributed by atoms with E-state index in [1.807, 2.05) is 12.1 Å². The van der Waals surface area contributed by atoms with Gasteiger partial charge in [0.15, 0.2) is 0 Å². The molecule has 3 nitrogen and oxygen atoms in total. The zero-order chi connectivity index (χ0) is 13.2. The van der Waals surface area contributed by atoms with Crippen LogP contribution < -0.4 is 0 Å². The van der Waals surface area contributed by atoms with Gasteiger partial charge in [-0.25, -0.2) is 4.98 Å². The molecule has 5 heteroatoms. The summed E-state index contributed by atoms with van der Waals surface area (Å²) in [5.74, 6) is 2.50. The van der Waals surface area contributed by atoms with E-state index in [2.05, 4.69) is 50.3 Å². The standard InChI is InChI=1S/C14H12ClIN2O/c15-6-5-14-17-12-8-10(16)3-4-13(12)18(14)9-11-2-1-7-19-11/h1-4,7-8H,5-6,9H2. The van der Waals surface area contributed by atoms with Gasteiger partial charge in [0, 0.05) is 15.9 Å². The SMILES string of the molecule is ClCCc1nc2cc(I)ccc2n1Cc1ccco1. The van der Waals surface area contributed by atoms with Crippen LogP contribution in [0.1, 0.15) is 11.6 Å². The second-order valence-corrected chi connectivity index (χ2v) is 5.89. The van der Waals surface area contributed by atoms with Gasteiger partial charge in [0.1, 0.15) is 11.6 Å². The monoisotopic (exact) mass is 386 g/mol. The number of halogens is 2. The zero-order valence-corrected chi connectivity index (χ0v) is 13.1. The minimum Gasteiger partial charge on any atom is -0.467 e. The van der Waals surface area contributed by atoms with Gasteiger partial charge in [-0.2, -0.15) is 0 Å². The molecule has 0 amide bonds. The van der Waals surface area contributed by atoms with Crippen molar-refractivity contribution in [3.63, 3.8) is 0 Å². The van der Waals surface area contributed by atoms with Gasteiger partial charge < -0.3 is 8.98 Å². The van der Waals surface area contributed by atoms with Crippen LogP contribution in [0.15, 0.2) is 41.0 Å². The van der Waals surface area contributed by atoms with Gasteiger partial charge in [0.05, 0.1) is 23.8 Å². The lowest BCUT2D eigenvalue weighted by Crippen LogP contribution is -2.05. The van der Waals surface area contributed by atoms with Crippen molar-refractivity contribution in [2.24, 2.45) is 0 Å². The number of rotatable bonds is 4. The van der Waals surface area contributed by atoms with Crippen LogP contribution in [0.25, 0.3) is 11.0 Å². The van der Waals surface area contributed by atoms with E-state index in [0.717, 1.165) is 29.0 Å². The van der Waals surface area contributed by atoms with Gasteiger partial charge in [-0.15, -0.1) is 11.6 Å². The maximum Gasteiger partial charge on any atom is 0.123 e. The summed E-state index contributed by atoms with van der Waals surface area (Å²) < 4.78 is 8.79. The van der Waals surface area contributed by atoms with Crippen molar-refractivity contribution >= 4 is 45.2 Å². The van der Waals surface area contributed by atoms with Gasteiger partial charge in [-0.3, -0.25) is 0 Å². The van der Waals surface area contributed by atoms with Gasteiger partial charge in [-0.1, -0.05) is 0 Å². The van der Waals surface area contributed by atoms with E-state index in [0.29, 0.717) is 12.4 Å². The van der Waals surface area contributed by atoms with Gasteiger partial charge in [-0.05, 0) is 52.9 Å². The first kappa shape index (κ1) is 13.0. The first-order valence-electron chi connectivity index (χ1n) is 6.01. The van der Waals surface area contributed by atoms with Crippen molar-refractivity contribution in [2.75, 3.05) is 5.88 Å². The Labute approximate surface area is 129 Å². The zero-order valence-electron chi connectivity index (χ0n) is 10.1. The fraction of sp³-hybridized carbons (Fsp3) is 0.214. The Morgan fingerprint density at radius 1 is 1.32 bits per heavy atom. The molecule has 3 aromatic rings. The van der Waals surface area contributed by atoms with Crippen molar-refractivity contribution in [3.05, 3.63) is 51.7 Å². The van der Waals surface area contributed by atoms with Gasteiger partial charge in [0.25, 0.3) is 0 Å². The molecule has 0 fully saturated rings. The third-order valence-corrected chi connectivity index (χ3v) is 3.86. The van der Waals surface area contributed by atoms with Crippen LogP contribution in [-0.2, 0) is 13.0 Å². The number of fused-ring (bicyclic) bond motifs is 1. The lowest BCUT2D eigenvalue weighted by molar-refractivity contribution is 0.492. The molecule has 0 aliphatic rings. The Kier molecular flexibility index (Phi) is 3.79. The molecule has 0 spiro atoms. The molecule has 0 aliphatic heterocycles. The summed E-state index contributed by atoms with van der Waals surface area (Å²) >= 11 is 8.17. The van der Waals surface area contributed by atoms with Crippen molar-refractivity contribution in [1.29, 1.82) is 0 Å². The summed E-state index contributed by atoms with van der Waals surface area (Å²) in [6, 6.07) is 10.2. The molecule has 0 aliphatic carbocycles. The van der Waals surface area contributed by atoms with Crippen LogP contribution in [0.3, 0.4) is 0 Å². The predicted octanol–water partition coefficient (Wildman–Crippen LogP) is 4.06. The van der Waals surface area contributed by atoms with Crippen LogP contribution in [0.2, 0.25) is 0 Å². The molecule has 0 bridgehead atoms. The molecule has 3 rings (SSSR count). The number of benzene rings is 1. The Bertz CT molecular complexity index is 691. The van der Waals surface area contributed by atoms with E-state index < -0.39 is 0 Å². The largest absolute Gasteiger partial charge is 0.467 e. The molecule has 0 saturated carbocycles. The van der Waals surface area contributed by atoms with Crippen LogP contribution in [-0.4, -0.2) is 15.4 Å². The molecule has 98 valence electrons. The van der Waals surface area contributed by atoms with Crippen LogP contribution in [0, 0.1) is 3.57 Å². The highest BCUT2D eigenvalue weighted by Gasteiger charge is 2.12. The first-order valence-corrected chi connectivity index (χ1v) is 7.62. The number of aryl methyl sites for hydroxylation is 1. The molecule has 0 N–H and O–H groups in total. The average Bonchev–Trinajstić information content (AvgIpc) is 2.99. The van der Waals surface area contributed by atoms with Crippen molar-refractivity contribution in [1.82, 2.24) is 9.55 Å². The number of nitrogens with zero attached hydrogens (tertiary/aromatic N) is 2. The lowest BCUT2D eigenvalue weighted by Gasteiger charge is -2.06. The van der Waals surface area contributed by atoms with Crippen molar-refractivity contribution in [2.45, 2.75) is 13.0 Å². The van der Waals surface area contributed by atoms with Gasteiger partial charge in [0.2, 0.25) is 0 Å². The number of aromatic nitrogens is 2. The molecule has 0 radical (unpaired) electrons. The summed E-state index contributed by atoms with van der Waals surface area (Å²) in [6.07, 6.45) is 2.45. The molecule has 0 unspecified atom stereocenters. The van der Waals surface area contributed by atoms with Gasteiger partial charge >= 0.3 is 0 Å². The topological polar surface area (TPSA) is 31.0 Å². The fourth-order valence-electron chi connectivity index (χ4n) is 2.16. The molecule has 0 atom stereocenters. The Balaban J connectivity index is 2.10. The highest BCUT2D eigenvalue weighted by Crippen LogP contribution is 2.21.